The fourth-order valence-corrected chi connectivity index (χ4v) is 4.74. The second-order valence-corrected chi connectivity index (χ2v) is 9.73. The number of carbonyl (C=O) groups is 2. The van der Waals surface area contributed by atoms with Crippen LogP contribution in [0.15, 0.2) is 50.0 Å². The van der Waals surface area contributed by atoms with Crippen LogP contribution in [0.25, 0.3) is 0 Å². The van der Waals surface area contributed by atoms with Crippen LogP contribution >= 0.6 is 0 Å². The van der Waals surface area contributed by atoms with Gasteiger partial charge < -0.3 is 29.2 Å². The first-order chi connectivity index (χ1) is 21.0. The van der Waals surface area contributed by atoms with Crippen molar-refractivity contribution < 1.29 is 47.5 Å². The number of nitrogens with one attached hydrogen (secondary N) is 2. The van der Waals surface area contributed by atoms with Crippen molar-refractivity contribution in [3.8, 4) is 0 Å². The van der Waals surface area contributed by atoms with Crippen LogP contribution in [0.3, 0.4) is 0 Å². The molecule has 0 unspecified atom stereocenters. The first kappa shape index (κ1) is 30.6. The zero-order chi connectivity index (χ0) is 31.7. The summed E-state index contributed by atoms with van der Waals surface area (Å²) in [4.78, 5) is 80.0. The minimum Gasteiger partial charge on any atom is -0.456 e. The Hall–Kier alpha value is -4.85. The lowest BCUT2D eigenvalue weighted by Crippen LogP contribution is -2.34. The van der Waals surface area contributed by atoms with Crippen molar-refractivity contribution in [3.05, 3.63) is 95.3 Å². The molecule has 0 saturated carbocycles. The van der Waals surface area contributed by atoms with Crippen LogP contribution in [0.5, 0.6) is 0 Å². The number of hydrogen-bond donors (Lipinski definition) is 4. The molecule has 2 aliphatic heterocycles. The predicted octanol–water partition coefficient (Wildman–Crippen LogP) is -1.93. The summed E-state index contributed by atoms with van der Waals surface area (Å²) >= 11 is 0. The minimum absolute atomic E-state index is 0.203. The van der Waals surface area contributed by atoms with E-state index in [0.717, 1.165) is 27.6 Å². The van der Waals surface area contributed by atoms with Crippen LogP contribution < -0.4 is 22.5 Å². The molecule has 4 N–H and O–H groups in total. The summed E-state index contributed by atoms with van der Waals surface area (Å²) in [5.74, 6) is -4.52. The number of ether oxygens (including phenoxy) is 4. The van der Waals surface area contributed by atoms with Crippen molar-refractivity contribution >= 4 is 11.9 Å². The summed E-state index contributed by atoms with van der Waals surface area (Å²) in [6, 6.07) is 1.09. The highest BCUT2D eigenvalue weighted by Crippen LogP contribution is 2.32. The number of aliphatic hydroxyl groups is 2. The van der Waals surface area contributed by atoms with Gasteiger partial charge in [0.2, 0.25) is 11.6 Å². The lowest BCUT2D eigenvalue weighted by atomic mass is 10.1. The van der Waals surface area contributed by atoms with Gasteiger partial charge in [-0.25, -0.2) is 19.2 Å². The standard InChI is InChI=1S/C25H23F2N5O12/c26-12-6-31(24(39)29-20(12)35)18-2-14(16(8-33)41-18)43-22(37)10-1-11(5-28-4-10)23(38)44-15-3-19(42-17(15)9-34)32-7-13(27)21(36)30-25(32)40/h1,4-7,14-19,33-34H,2-3,8-9H2,(H,29,35,39)(H,30,36,40)/t14-,15-,16+,17+,18+,19+/m0/s1. The number of aromatic amines is 2. The molecule has 2 fully saturated rings. The van der Waals surface area contributed by atoms with Crippen LogP contribution in [0, 0.1) is 11.6 Å². The summed E-state index contributed by atoms with van der Waals surface area (Å²) in [5, 5.41) is 19.4. The van der Waals surface area contributed by atoms with Crippen LogP contribution in [-0.4, -0.2) is 83.9 Å². The van der Waals surface area contributed by atoms with E-state index in [2.05, 4.69) is 4.98 Å². The average Bonchev–Trinajstić information content (AvgIpc) is 3.60. The molecular weight excluding hydrogens is 600 g/mol. The minimum atomic E-state index is -1.26. The lowest BCUT2D eigenvalue weighted by molar-refractivity contribution is -0.0525. The van der Waals surface area contributed by atoms with Gasteiger partial charge in [0.25, 0.3) is 11.1 Å². The van der Waals surface area contributed by atoms with Crippen LogP contribution in [0.2, 0.25) is 0 Å². The smallest absolute Gasteiger partial charge is 0.340 e. The number of carbonyl (C=O) groups excluding carboxylic acids is 2. The van der Waals surface area contributed by atoms with E-state index in [9.17, 15) is 47.8 Å². The molecule has 0 amide bonds. The Balaban J connectivity index is 1.26. The number of aliphatic hydroxyl groups excluding tert-OH is 2. The predicted molar refractivity (Wildman–Crippen MR) is 136 cm³/mol. The normalized spacial score (nSPS) is 24.7. The highest BCUT2D eigenvalue weighted by Gasteiger charge is 2.41. The van der Waals surface area contributed by atoms with Gasteiger partial charge in [-0.15, -0.1) is 0 Å². The van der Waals surface area contributed by atoms with E-state index in [0.29, 0.717) is 12.4 Å². The van der Waals surface area contributed by atoms with Gasteiger partial charge in [-0.2, -0.15) is 8.78 Å². The van der Waals surface area contributed by atoms with E-state index in [-0.39, 0.29) is 24.0 Å². The molecule has 5 heterocycles. The highest BCUT2D eigenvalue weighted by atomic mass is 19.1. The van der Waals surface area contributed by atoms with Crippen molar-refractivity contribution in [2.45, 2.75) is 49.7 Å². The zero-order valence-corrected chi connectivity index (χ0v) is 22.3. The van der Waals surface area contributed by atoms with Crippen molar-refractivity contribution in [1.82, 2.24) is 24.1 Å². The van der Waals surface area contributed by atoms with E-state index >= 15 is 0 Å². The first-order valence-electron chi connectivity index (χ1n) is 12.9. The number of esters is 2. The third-order valence-corrected chi connectivity index (χ3v) is 6.92. The second-order valence-electron chi connectivity index (χ2n) is 9.73. The van der Waals surface area contributed by atoms with Gasteiger partial charge in [0.1, 0.15) is 36.9 Å². The fraction of sp³-hybridized carbons (Fsp3) is 0.400. The third kappa shape index (κ3) is 6.11. The van der Waals surface area contributed by atoms with Gasteiger partial charge in [-0.05, 0) is 6.07 Å². The van der Waals surface area contributed by atoms with Gasteiger partial charge in [0.05, 0.1) is 36.7 Å². The zero-order valence-electron chi connectivity index (χ0n) is 22.3. The van der Waals surface area contributed by atoms with Gasteiger partial charge >= 0.3 is 23.3 Å². The topological polar surface area (TPSA) is 234 Å². The second kappa shape index (κ2) is 12.4. The Morgan fingerprint density at radius 1 is 0.818 bits per heavy atom. The van der Waals surface area contributed by atoms with Crippen molar-refractivity contribution in [2.75, 3.05) is 13.2 Å². The van der Waals surface area contributed by atoms with Crippen molar-refractivity contribution in [1.29, 1.82) is 0 Å². The number of rotatable bonds is 8. The third-order valence-electron chi connectivity index (χ3n) is 6.92. The summed E-state index contributed by atoms with van der Waals surface area (Å²) < 4.78 is 50.8. The molecule has 0 aromatic carbocycles. The van der Waals surface area contributed by atoms with E-state index in [1.165, 1.54) is 0 Å². The Bertz CT molecular complexity index is 1690. The Kier molecular flexibility index (Phi) is 8.63. The van der Waals surface area contributed by atoms with Crippen molar-refractivity contribution in [3.63, 3.8) is 0 Å². The van der Waals surface area contributed by atoms with E-state index in [1.54, 1.807) is 9.97 Å². The molecule has 0 bridgehead atoms. The van der Waals surface area contributed by atoms with Crippen LogP contribution in [0.1, 0.15) is 46.0 Å². The molecule has 2 aliphatic rings. The summed E-state index contributed by atoms with van der Waals surface area (Å²) in [7, 11) is 0. The number of pyridine rings is 1. The van der Waals surface area contributed by atoms with Crippen molar-refractivity contribution in [2.24, 2.45) is 0 Å². The molecule has 44 heavy (non-hydrogen) atoms. The molecule has 0 spiro atoms. The molecule has 2 saturated heterocycles. The summed E-state index contributed by atoms with van der Waals surface area (Å²) in [6.45, 7) is -1.29. The molecule has 17 nitrogen and oxygen atoms in total. The van der Waals surface area contributed by atoms with E-state index in [4.69, 9.17) is 18.9 Å². The summed E-state index contributed by atoms with van der Waals surface area (Å²) in [6.07, 6.45) is -3.90. The number of hydrogen-bond acceptors (Lipinski definition) is 13. The molecular formula is C25H23F2N5O12. The van der Waals surface area contributed by atoms with Gasteiger partial charge in [-0.3, -0.25) is 33.7 Å². The monoisotopic (exact) mass is 623 g/mol. The molecule has 234 valence electrons. The number of H-pyrrole nitrogens is 2. The molecule has 19 heteroatoms. The molecule has 6 atom stereocenters. The maximum atomic E-state index is 13.7. The Morgan fingerprint density at radius 2 is 1.23 bits per heavy atom. The number of halogens is 2. The molecule has 5 rings (SSSR count). The Morgan fingerprint density at radius 3 is 1.61 bits per heavy atom. The number of nitrogens with zero attached hydrogens (tertiary/aromatic N) is 3. The largest absolute Gasteiger partial charge is 0.456 e. The molecule has 3 aromatic heterocycles. The van der Waals surface area contributed by atoms with Gasteiger partial charge in [-0.1, -0.05) is 0 Å². The quantitative estimate of drug-likeness (QED) is 0.200. The van der Waals surface area contributed by atoms with Crippen LogP contribution in [0.4, 0.5) is 8.78 Å². The van der Waals surface area contributed by atoms with Gasteiger partial charge in [0, 0.05) is 25.2 Å². The molecule has 0 radical (unpaired) electrons. The van der Waals surface area contributed by atoms with Gasteiger partial charge in [0.15, 0.2) is 0 Å². The molecule has 0 aliphatic carbocycles. The lowest BCUT2D eigenvalue weighted by Gasteiger charge is -2.17. The SMILES string of the molecule is O=C(O[C@H]1C[C@H](n2cc(F)c(=O)[nH]c2=O)O[C@@H]1CO)c1cncc(C(=O)O[C@H]2C[C@H](n3cc(F)c(=O)[nH]c3=O)O[C@@H]2CO)c1. The maximum Gasteiger partial charge on any atom is 0.340 e. The Labute approximate surface area is 242 Å². The fourth-order valence-electron chi connectivity index (χ4n) is 4.74. The van der Waals surface area contributed by atoms with E-state index in [1.807, 2.05) is 0 Å². The maximum absolute atomic E-state index is 13.7. The average molecular weight is 623 g/mol. The highest BCUT2D eigenvalue weighted by molar-refractivity contribution is 5.94. The summed E-state index contributed by atoms with van der Waals surface area (Å²) in [5.41, 5.74) is -4.88. The first-order valence-corrected chi connectivity index (χ1v) is 12.9. The van der Waals surface area contributed by atoms with E-state index < -0.39 is 96.2 Å². The number of aromatic nitrogens is 5. The molecule has 3 aromatic rings. The van der Waals surface area contributed by atoms with Crippen LogP contribution in [-0.2, 0) is 18.9 Å².